The number of likely N-dealkylation sites (N-methyl/N-ethyl adjacent to an activating group) is 2. The first-order chi connectivity index (χ1) is 10.2. The second kappa shape index (κ2) is 8.40. The summed E-state index contributed by atoms with van der Waals surface area (Å²) in [6, 6.07) is 9.50. The number of nitrogens with zero attached hydrogens (tertiary/aromatic N) is 1. The Morgan fingerprint density at radius 1 is 1.24 bits per heavy atom. The number of ether oxygens (including phenoxy) is 1. The van der Waals surface area contributed by atoms with Crippen LogP contribution in [0.1, 0.15) is 50.1 Å². The van der Waals surface area contributed by atoms with Gasteiger partial charge >= 0.3 is 0 Å². The van der Waals surface area contributed by atoms with Gasteiger partial charge in [-0.1, -0.05) is 37.8 Å². The Labute approximate surface area is 129 Å². The quantitative estimate of drug-likeness (QED) is 0.810. The molecule has 1 aromatic carbocycles. The third-order valence-electron chi connectivity index (χ3n) is 4.76. The molecule has 1 atom stereocenters. The fourth-order valence-electron chi connectivity index (χ4n) is 3.36. The Balaban J connectivity index is 1.99. The van der Waals surface area contributed by atoms with E-state index >= 15 is 0 Å². The van der Waals surface area contributed by atoms with Crippen LogP contribution in [-0.4, -0.2) is 38.7 Å². The van der Waals surface area contributed by atoms with Crippen molar-refractivity contribution >= 4 is 0 Å². The van der Waals surface area contributed by atoms with Crippen LogP contribution in [0.3, 0.4) is 0 Å². The normalized spacial score (nSPS) is 18.5. The highest BCUT2D eigenvalue weighted by molar-refractivity contribution is 5.30. The molecule has 1 saturated carbocycles. The minimum atomic E-state index is 0.355. The fourth-order valence-corrected chi connectivity index (χ4v) is 3.36. The maximum atomic E-state index is 5.35. The molecule has 1 aromatic rings. The second-order valence-corrected chi connectivity index (χ2v) is 6.20. The van der Waals surface area contributed by atoms with Gasteiger partial charge in [-0.15, -0.1) is 0 Å². The van der Waals surface area contributed by atoms with Crippen molar-refractivity contribution in [2.75, 3.05) is 27.7 Å². The molecule has 2 rings (SSSR count). The van der Waals surface area contributed by atoms with Crippen LogP contribution in [0.2, 0.25) is 0 Å². The van der Waals surface area contributed by atoms with Crippen LogP contribution >= 0.6 is 0 Å². The molecule has 0 amide bonds. The number of rotatable bonds is 6. The fraction of sp³-hybridized carbons (Fsp3) is 0.667. The predicted molar refractivity (Wildman–Crippen MR) is 88.9 cm³/mol. The van der Waals surface area contributed by atoms with Gasteiger partial charge in [-0.3, -0.25) is 0 Å². The molecule has 21 heavy (non-hydrogen) atoms. The average molecular weight is 290 g/mol. The van der Waals surface area contributed by atoms with Crippen LogP contribution in [0.4, 0.5) is 0 Å². The van der Waals surface area contributed by atoms with Crippen molar-refractivity contribution in [1.29, 1.82) is 0 Å². The summed E-state index contributed by atoms with van der Waals surface area (Å²) in [7, 11) is 6.05. The molecule has 118 valence electrons. The van der Waals surface area contributed by atoms with Crippen LogP contribution in [0.5, 0.6) is 5.75 Å². The van der Waals surface area contributed by atoms with Gasteiger partial charge in [-0.25, -0.2) is 0 Å². The van der Waals surface area contributed by atoms with Gasteiger partial charge < -0.3 is 15.0 Å². The van der Waals surface area contributed by atoms with Crippen molar-refractivity contribution < 1.29 is 4.74 Å². The molecule has 1 fully saturated rings. The molecule has 0 spiro atoms. The average Bonchev–Trinajstić information content (AvgIpc) is 2.81. The third kappa shape index (κ3) is 4.72. The van der Waals surface area contributed by atoms with E-state index in [-0.39, 0.29) is 0 Å². The Kier molecular flexibility index (Phi) is 6.52. The van der Waals surface area contributed by atoms with Crippen molar-refractivity contribution in [1.82, 2.24) is 10.2 Å². The number of hydrogen-bond donors (Lipinski definition) is 1. The smallest absolute Gasteiger partial charge is 0.119 e. The summed E-state index contributed by atoms with van der Waals surface area (Å²) in [6.45, 7) is 1.05. The van der Waals surface area contributed by atoms with Gasteiger partial charge in [0.1, 0.15) is 5.75 Å². The first-order valence-electron chi connectivity index (χ1n) is 8.26. The molecule has 0 bridgehead atoms. The van der Waals surface area contributed by atoms with Gasteiger partial charge in [0.2, 0.25) is 0 Å². The van der Waals surface area contributed by atoms with E-state index in [2.05, 4.69) is 35.5 Å². The molecule has 0 heterocycles. The lowest BCUT2D eigenvalue weighted by molar-refractivity contribution is 0.201. The van der Waals surface area contributed by atoms with E-state index in [0.29, 0.717) is 6.04 Å². The predicted octanol–water partition coefficient (Wildman–Crippen LogP) is 3.61. The van der Waals surface area contributed by atoms with Crippen LogP contribution < -0.4 is 10.1 Å². The molecule has 1 aliphatic rings. The van der Waals surface area contributed by atoms with Gasteiger partial charge in [-0.05, 0) is 44.6 Å². The van der Waals surface area contributed by atoms with Gasteiger partial charge in [0.15, 0.2) is 0 Å². The number of benzene rings is 1. The molecule has 1 unspecified atom stereocenters. The molecule has 3 heteroatoms. The van der Waals surface area contributed by atoms with Crippen LogP contribution in [0.25, 0.3) is 0 Å². The van der Waals surface area contributed by atoms with E-state index in [1.807, 2.05) is 13.1 Å². The molecule has 1 aliphatic carbocycles. The highest BCUT2D eigenvalue weighted by atomic mass is 16.5. The molecule has 1 N–H and O–H groups in total. The van der Waals surface area contributed by atoms with Gasteiger partial charge in [0.25, 0.3) is 0 Å². The zero-order valence-corrected chi connectivity index (χ0v) is 13.8. The van der Waals surface area contributed by atoms with Crippen molar-refractivity contribution in [3.63, 3.8) is 0 Å². The third-order valence-corrected chi connectivity index (χ3v) is 4.76. The standard InChI is InChI=1S/C18H30N2O/c1-19-18(15-9-8-12-17(13-15)21-3)14-20(2)16-10-6-4-5-7-11-16/h8-9,12-13,16,18-19H,4-7,10-11,14H2,1-3H3. The molecule has 0 aromatic heterocycles. The molecule has 3 nitrogen and oxygen atoms in total. The lowest BCUT2D eigenvalue weighted by Crippen LogP contribution is -2.38. The Morgan fingerprint density at radius 3 is 2.57 bits per heavy atom. The van der Waals surface area contributed by atoms with E-state index in [1.165, 1.54) is 44.1 Å². The van der Waals surface area contributed by atoms with E-state index in [4.69, 9.17) is 4.74 Å². The van der Waals surface area contributed by atoms with Crippen molar-refractivity contribution in [2.45, 2.75) is 50.6 Å². The SMILES string of the molecule is CNC(CN(C)C1CCCCCC1)c1cccc(OC)c1. The van der Waals surface area contributed by atoms with Crippen molar-refractivity contribution in [2.24, 2.45) is 0 Å². The monoisotopic (exact) mass is 290 g/mol. The summed E-state index contributed by atoms with van der Waals surface area (Å²) in [5, 5.41) is 3.46. The molecule has 0 saturated heterocycles. The number of nitrogens with one attached hydrogen (secondary N) is 1. The molecule has 0 aliphatic heterocycles. The first-order valence-corrected chi connectivity index (χ1v) is 8.26. The maximum Gasteiger partial charge on any atom is 0.119 e. The molecule has 0 radical (unpaired) electrons. The lowest BCUT2D eigenvalue weighted by atomic mass is 10.0. The molecular weight excluding hydrogens is 260 g/mol. The maximum absolute atomic E-state index is 5.35. The Hall–Kier alpha value is -1.06. The van der Waals surface area contributed by atoms with E-state index < -0.39 is 0 Å². The van der Waals surface area contributed by atoms with Gasteiger partial charge in [0, 0.05) is 18.6 Å². The Bertz CT molecular complexity index is 413. The summed E-state index contributed by atoms with van der Waals surface area (Å²) in [5.74, 6) is 0.935. The van der Waals surface area contributed by atoms with Gasteiger partial charge in [-0.2, -0.15) is 0 Å². The van der Waals surface area contributed by atoms with Crippen molar-refractivity contribution in [3.05, 3.63) is 29.8 Å². The van der Waals surface area contributed by atoms with Crippen molar-refractivity contribution in [3.8, 4) is 5.75 Å². The summed E-state index contributed by atoms with van der Waals surface area (Å²) in [6.07, 6.45) is 8.30. The number of methoxy groups -OCH3 is 1. The minimum Gasteiger partial charge on any atom is -0.497 e. The summed E-state index contributed by atoms with van der Waals surface area (Å²) >= 11 is 0. The van der Waals surface area contributed by atoms with Crippen LogP contribution in [-0.2, 0) is 0 Å². The minimum absolute atomic E-state index is 0.355. The molecular formula is C18H30N2O. The van der Waals surface area contributed by atoms with E-state index in [9.17, 15) is 0 Å². The first kappa shape index (κ1) is 16.3. The highest BCUT2D eigenvalue weighted by Crippen LogP contribution is 2.24. The summed E-state index contributed by atoms with van der Waals surface area (Å²) in [5.41, 5.74) is 1.30. The lowest BCUT2D eigenvalue weighted by Gasteiger charge is -2.31. The summed E-state index contributed by atoms with van der Waals surface area (Å²) in [4.78, 5) is 2.55. The van der Waals surface area contributed by atoms with E-state index in [0.717, 1.165) is 18.3 Å². The zero-order valence-electron chi connectivity index (χ0n) is 13.8. The van der Waals surface area contributed by atoms with Gasteiger partial charge in [0.05, 0.1) is 7.11 Å². The Morgan fingerprint density at radius 2 is 1.95 bits per heavy atom. The number of hydrogen-bond acceptors (Lipinski definition) is 3. The van der Waals surface area contributed by atoms with Crippen LogP contribution in [0, 0.1) is 0 Å². The van der Waals surface area contributed by atoms with Crippen LogP contribution in [0.15, 0.2) is 24.3 Å². The zero-order chi connectivity index (χ0) is 15.1. The summed E-state index contributed by atoms with van der Waals surface area (Å²) < 4.78 is 5.35. The largest absolute Gasteiger partial charge is 0.497 e. The highest BCUT2D eigenvalue weighted by Gasteiger charge is 2.20. The topological polar surface area (TPSA) is 24.5 Å². The second-order valence-electron chi connectivity index (χ2n) is 6.20. The van der Waals surface area contributed by atoms with E-state index in [1.54, 1.807) is 7.11 Å².